The molecule has 0 atom stereocenters. The van der Waals surface area contributed by atoms with Gasteiger partial charge in [-0.25, -0.2) is 17.9 Å². The number of nitrogens with one attached hydrogen (secondary N) is 1. The van der Waals surface area contributed by atoms with Crippen LogP contribution in [0.15, 0.2) is 29.2 Å². The van der Waals surface area contributed by atoms with E-state index in [9.17, 15) is 13.2 Å². The molecule has 2 rings (SSSR count). The van der Waals surface area contributed by atoms with Crippen molar-refractivity contribution in [3.8, 4) is 0 Å². The summed E-state index contributed by atoms with van der Waals surface area (Å²) in [6.45, 7) is 2.65. The van der Waals surface area contributed by atoms with Gasteiger partial charge in [0.15, 0.2) is 0 Å². The van der Waals surface area contributed by atoms with Crippen molar-refractivity contribution < 1.29 is 13.2 Å². The van der Waals surface area contributed by atoms with Crippen LogP contribution in [0.2, 0.25) is 0 Å². The van der Waals surface area contributed by atoms with Gasteiger partial charge in [-0.3, -0.25) is 0 Å². The fourth-order valence-corrected chi connectivity index (χ4v) is 3.14. The quantitative estimate of drug-likeness (QED) is 0.832. The van der Waals surface area contributed by atoms with Crippen molar-refractivity contribution in [1.82, 2.24) is 9.62 Å². The summed E-state index contributed by atoms with van der Waals surface area (Å²) in [5.74, 6) is 0. The lowest BCUT2D eigenvalue weighted by atomic mass is 10.1. The second kappa shape index (κ2) is 5.18. The van der Waals surface area contributed by atoms with Crippen molar-refractivity contribution >= 4 is 16.1 Å². The number of aryl methyl sites for hydroxylation is 1. The molecule has 1 aliphatic heterocycles. The van der Waals surface area contributed by atoms with Gasteiger partial charge < -0.3 is 10.6 Å². The van der Waals surface area contributed by atoms with Crippen molar-refractivity contribution in [3.63, 3.8) is 0 Å². The van der Waals surface area contributed by atoms with Gasteiger partial charge in [-0.05, 0) is 24.1 Å². The molecule has 0 radical (unpaired) electrons. The predicted molar refractivity (Wildman–Crippen MR) is 71.1 cm³/mol. The standard InChI is InChI=1S/C12H17N3O3S/c1-2-9-3-5-11(6-4-9)19(17,18)14-10-7-15(8-10)12(13)16/h3-6,10,14H,2,7-8H2,1H3,(H2,13,16). The molecule has 19 heavy (non-hydrogen) atoms. The number of sulfonamides is 1. The number of urea groups is 1. The van der Waals surface area contributed by atoms with E-state index in [1.54, 1.807) is 24.3 Å². The number of hydrogen-bond acceptors (Lipinski definition) is 3. The second-order valence-corrected chi connectivity index (χ2v) is 6.27. The summed E-state index contributed by atoms with van der Waals surface area (Å²) in [5.41, 5.74) is 6.16. The van der Waals surface area contributed by atoms with Crippen LogP contribution < -0.4 is 10.5 Å². The molecule has 0 aliphatic carbocycles. The van der Waals surface area contributed by atoms with Crippen LogP contribution in [-0.2, 0) is 16.4 Å². The minimum Gasteiger partial charge on any atom is -0.351 e. The molecular weight excluding hydrogens is 266 g/mol. The van der Waals surface area contributed by atoms with E-state index >= 15 is 0 Å². The number of nitrogens with zero attached hydrogens (tertiary/aromatic N) is 1. The molecule has 3 N–H and O–H groups in total. The minimum atomic E-state index is -3.52. The molecule has 2 amide bonds. The molecule has 104 valence electrons. The average molecular weight is 283 g/mol. The number of carbonyl (C=O) groups excluding carboxylic acids is 1. The van der Waals surface area contributed by atoms with Crippen LogP contribution in [-0.4, -0.2) is 38.5 Å². The van der Waals surface area contributed by atoms with Gasteiger partial charge in [0.05, 0.1) is 10.9 Å². The molecule has 0 aromatic heterocycles. The van der Waals surface area contributed by atoms with Crippen LogP contribution in [0.1, 0.15) is 12.5 Å². The van der Waals surface area contributed by atoms with E-state index in [4.69, 9.17) is 5.73 Å². The third-order valence-corrected chi connectivity index (χ3v) is 4.69. The van der Waals surface area contributed by atoms with Crippen LogP contribution in [0, 0.1) is 0 Å². The van der Waals surface area contributed by atoms with E-state index in [0.717, 1.165) is 12.0 Å². The van der Waals surface area contributed by atoms with Crippen LogP contribution in [0.4, 0.5) is 4.79 Å². The lowest BCUT2D eigenvalue weighted by Gasteiger charge is -2.37. The number of likely N-dealkylation sites (tertiary alicyclic amines) is 1. The predicted octanol–water partition coefficient (Wildman–Crippen LogP) is 0.290. The van der Waals surface area contributed by atoms with Crippen molar-refractivity contribution in [1.29, 1.82) is 0 Å². The van der Waals surface area contributed by atoms with E-state index < -0.39 is 16.1 Å². The molecule has 0 unspecified atom stereocenters. The van der Waals surface area contributed by atoms with Crippen molar-refractivity contribution in [2.75, 3.05) is 13.1 Å². The number of amides is 2. The lowest BCUT2D eigenvalue weighted by Crippen LogP contribution is -2.62. The van der Waals surface area contributed by atoms with Crippen molar-refractivity contribution in [3.05, 3.63) is 29.8 Å². The Bertz CT molecular complexity index is 562. The third-order valence-electron chi connectivity index (χ3n) is 3.16. The van der Waals surface area contributed by atoms with E-state index in [1.807, 2.05) is 6.92 Å². The van der Waals surface area contributed by atoms with Crippen LogP contribution in [0.5, 0.6) is 0 Å². The highest BCUT2D eigenvalue weighted by molar-refractivity contribution is 7.89. The monoisotopic (exact) mass is 283 g/mol. The molecule has 1 aliphatic rings. The van der Waals surface area contributed by atoms with Crippen LogP contribution in [0.3, 0.4) is 0 Å². The highest BCUT2D eigenvalue weighted by Crippen LogP contribution is 2.14. The summed E-state index contributed by atoms with van der Waals surface area (Å²) < 4.78 is 26.7. The summed E-state index contributed by atoms with van der Waals surface area (Å²) in [6, 6.07) is 5.99. The first-order valence-electron chi connectivity index (χ1n) is 6.08. The molecule has 0 saturated carbocycles. The summed E-state index contributed by atoms with van der Waals surface area (Å²) >= 11 is 0. The van der Waals surface area contributed by atoms with E-state index in [1.165, 1.54) is 4.90 Å². The summed E-state index contributed by atoms with van der Waals surface area (Å²) in [4.78, 5) is 12.4. The molecule has 7 heteroatoms. The van der Waals surface area contributed by atoms with Crippen molar-refractivity contribution in [2.45, 2.75) is 24.3 Å². The number of hydrogen-bond donors (Lipinski definition) is 2. The van der Waals surface area contributed by atoms with Gasteiger partial charge in [0.2, 0.25) is 10.0 Å². The van der Waals surface area contributed by atoms with Gasteiger partial charge >= 0.3 is 6.03 Å². The van der Waals surface area contributed by atoms with E-state index in [-0.39, 0.29) is 10.9 Å². The number of rotatable bonds is 4. The maximum absolute atomic E-state index is 12.1. The molecule has 6 nitrogen and oxygen atoms in total. The van der Waals surface area contributed by atoms with Crippen LogP contribution >= 0.6 is 0 Å². The van der Waals surface area contributed by atoms with E-state index in [0.29, 0.717) is 13.1 Å². The fourth-order valence-electron chi connectivity index (χ4n) is 1.92. The van der Waals surface area contributed by atoms with Gasteiger partial charge in [-0.2, -0.15) is 0 Å². The number of carbonyl (C=O) groups is 1. The first-order valence-corrected chi connectivity index (χ1v) is 7.56. The highest BCUT2D eigenvalue weighted by atomic mass is 32.2. The molecule has 1 saturated heterocycles. The van der Waals surface area contributed by atoms with Gasteiger partial charge in [0, 0.05) is 13.1 Å². The zero-order chi connectivity index (χ0) is 14.0. The molecule has 0 bridgehead atoms. The summed E-state index contributed by atoms with van der Waals surface area (Å²) in [7, 11) is -3.52. The number of nitrogens with two attached hydrogens (primary N) is 1. The largest absolute Gasteiger partial charge is 0.351 e. The normalized spacial score (nSPS) is 16.2. The highest BCUT2D eigenvalue weighted by Gasteiger charge is 2.32. The molecule has 1 fully saturated rings. The Morgan fingerprint density at radius 3 is 2.42 bits per heavy atom. The molecule has 0 spiro atoms. The topological polar surface area (TPSA) is 92.5 Å². The summed E-state index contributed by atoms with van der Waals surface area (Å²) in [6.07, 6.45) is 0.865. The Morgan fingerprint density at radius 2 is 1.95 bits per heavy atom. The van der Waals surface area contributed by atoms with E-state index in [2.05, 4.69) is 4.72 Å². The van der Waals surface area contributed by atoms with Gasteiger partial charge in [0.25, 0.3) is 0 Å². The zero-order valence-corrected chi connectivity index (χ0v) is 11.5. The zero-order valence-electron chi connectivity index (χ0n) is 10.7. The maximum atomic E-state index is 12.1. The Balaban J connectivity index is 2.01. The fraction of sp³-hybridized carbons (Fsp3) is 0.417. The van der Waals surface area contributed by atoms with Crippen LogP contribution in [0.25, 0.3) is 0 Å². The Hall–Kier alpha value is -1.60. The number of primary amides is 1. The molecule has 1 aromatic rings. The minimum absolute atomic E-state index is 0.238. The van der Waals surface area contributed by atoms with Gasteiger partial charge in [-0.1, -0.05) is 19.1 Å². The Morgan fingerprint density at radius 1 is 1.37 bits per heavy atom. The van der Waals surface area contributed by atoms with Gasteiger partial charge in [0.1, 0.15) is 0 Å². The smallest absolute Gasteiger partial charge is 0.314 e. The molecule has 1 aromatic carbocycles. The molecular formula is C12H17N3O3S. The lowest BCUT2D eigenvalue weighted by molar-refractivity contribution is 0.155. The van der Waals surface area contributed by atoms with Crippen molar-refractivity contribution in [2.24, 2.45) is 5.73 Å². The first kappa shape index (κ1) is 13.8. The Labute approximate surface area is 112 Å². The summed E-state index contributed by atoms with van der Waals surface area (Å²) in [5, 5.41) is 0. The Kier molecular flexibility index (Phi) is 3.77. The molecule has 1 heterocycles. The maximum Gasteiger partial charge on any atom is 0.314 e. The van der Waals surface area contributed by atoms with Gasteiger partial charge in [-0.15, -0.1) is 0 Å². The average Bonchev–Trinajstić information content (AvgIpc) is 2.33. The number of benzene rings is 1. The second-order valence-electron chi connectivity index (χ2n) is 4.56. The third kappa shape index (κ3) is 3.05. The SMILES string of the molecule is CCc1ccc(S(=O)(=O)NC2CN(C(N)=O)C2)cc1. The first-order chi connectivity index (χ1) is 8.92.